The standard InChI is InChI=1S/C44H84O6/c1-5-7-9-11-13-15-17-18-19-21-23-29-33-37-44(47)50-41(39-49-43(46)36-32-28-25-24-26-30-34-40(3)4)38-48-42(45)35-31-27-22-20-16-14-12-10-8-6-2/h40-41H,5-39H2,1-4H3/t41-/m1/s1. The maximum absolute atomic E-state index is 12.7. The van der Waals surface area contributed by atoms with Gasteiger partial charge in [0.2, 0.25) is 0 Å². The Morgan fingerprint density at radius 3 is 0.980 bits per heavy atom. The second kappa shape index (κ2) is 38.6. The van der Waals surface area contributed by atoms with Crippen LogP contribution in [0.4, 0.5) is 0 Å². The van der Waals surface area contributed by atoms with Gasteiger partial charge in [-0.1, -0.05) is 201 Å². The molecule has 0 aliphatic carbocycles. The Kier molecular flexibility index (Phi) is 37.4. The molecule has 0 aromatic rings. The summed E-state index contributed by atoms with van der Waals surface area (Å²) in [7, 11) is 0. The van der Waals surface area contributed by atoms with Crippen LogP contribution in [0.1, 0.15) is 240 Å². The fourth-order valence-electron chi connectivity index (χ4n) is 6.45. The minimum atomic E-state index is -0.758. The van der Waals surface area contributed by atoms with Crippen LogP contribution < -0.4 is 0 Å². The van der Waals surface area contributed by atoms with Gasteiger partial charge in [0.25, 0.3) is 0 Å². The molecular formula is C44H84O6. The first-order chi connectivity index (χ1) is 24.4. The highest BCUT2D eigenvalue weighted by molar-refractivity contribution is 5.71. The number of carbonyl (C=O) groups is 3. The van der Waals surface area contributed by atoms with Gasteiger partial charge in [-0.3, -0.25) is 14.4 Å². The monoisotopic (exact) mass is 709 g/mol. The molecule has 0 unspecified atom stereocenters. The van der Waals surface area contributed by atoms with Gasteiger partial charge in [-0.05, 0) is 25.2 Å². The molecule has 0 aliphatic rings. The minimum absolute atomic E-state index is 0.0649. The maximum Gasteiger partial charge on any atom is 0.306 e. The minimum Gasteiger partial charge on any atom is -0.462 e. The molecule has 296 valence electrons. The third kappa shape index (κ3) is 37.7. The Morgan fingerprint density at radius 1 is 0.380 bits per heavy atom. The lowest BCUT2D eigenvalue weighted by molar-refractivity contribution is -0.167. The van der Waals surface area contributed by atoms with Gasteiger partial charge in [-0.25, -0.2) is 0 Å². The second-order valence-corrected chi connectivity index (χ2v) is 15.5. The Balaban J connectivity index is 4.33. The van der Waals surface area contributed by atoms with Gasteiger partial charge < -0.3 is 14.2 Å². The zero-order valence-corrected chi connectivity index (χ0v) is 33.9. The van der Waals surface area contributed by atoms with Crippen LogP contribution in [0.5, 0.6) is 0 Å². The zero-order valence-electron chi connectivity index (χ0n) is 33.9. The molecule has 0 rings (SSSR count). The molecule has 0 spiro atoms. The molecule has 0 saturated carbocycles. The first-order valence-electron chi connectivity index (χ1n) is 21.9. The summed E-state index contributed by atoms with van der Waals surface area (Å²) in [6.07, 6.45) is 36.7. The van der Waals surface area contributed by atoms with Crippen molar-refractivity contribution in [2.45, 2.75) is 246 Å². The average Bonchev–Trinajstić information content (AvgIpc) is 3.09. The predicted octanol–water partition coefficient (Wildman–Crippen LogP) is 13.6. The van der Waals surface area contributed by atoms with Crippen LogP contribution in [0.3, 0.4) is 0 Å². The van der Waals surface area contributed by atoms with E-state index in [1.807, 2.05) is 0 Å². The number of rotatable bonds is 39. The van der Waals surface area contributed by atoms with Gasteiger partial charge in [0.05, 0.1) is 0 Å². The van der Waals surface area contributed by atoms with Crippen LogP contribution in [0, 0.1) is 5.92 Å². The molecule has 6 heteroatoms. The fraction of sp³-hybridized carbons (Fsp3) is 0.932. The SMILES string of the molecule is CCCCCCCCCCCCCCCC(=O)O[C@H](COC(=O)CCCCCCCCCCCC)COC(=O)CCCCCCCCC(C)C. The van der Waals surface area contributed by atoms with E-state index in [4.69, 9.17) is 14.2 Å². The summed E-state index contributed by atoms with van der Waals surface area (Å²) in [5.74, 6) is -0.0988. The fourth-order valence-corrected chi connectivity index (χ4v) is 6.45. The summed E-state index contributed by atoms with van der Waals surface area (Å²) in [5.41, 5.74) is 0. The molecular weight excluding hydrogens is 624 g/mol. The lowest BCUT2D eigenvalue weighted by Gasteiger charge is -2.18. The van der Waals surface area contributed by atoms with Crippen molar-refractivity contribution in [1.82, 2.24) is 0 Å². The van der Waals surface area contributed by atoms with Crippen molar-refractivity contribution in [3.63, 3.8) is 0 Å². The molecule has 0 radical (unpaired) electrons. The highest BCUT2D eigenvalue weighted by Crippen LogP contribution is 2.16. The molecule has 0 aromatic heterocycles. The first kappa shape index (κ1) is 48.4. The van der Waals surface area contributed by atoms with Crippen molar-refractivity contribution in [2.75, 3.05) is 13.2 Å². The summed E-state index contributed by atoms with van der Waals surface area (Å²) in [5, 5.41) is 0. The molecule has 0 fully saturated rings. The number of hydrogen-bond donors (Lipinski definition) is 0. The van der Waals surface area contributed by atoms with Crippen molar-refractivity contribution in [3.05, 3.63) is 0 Å². The third-order valence-electron chi connectivity index (χ3n) is 9.79. The predicted molar refractivity (Wildman–Crippen MR) is 210 cm³/mol. The van der Waals surface area contributed by atoms with Gasteiger partial charge in [0.15, 0.2) is 6.10 Å². The molecule has 0 bridgehead atoms. The van der Waals surface area contributed by atoms with Crippen molar-refractivity contribution < 1.29 is 28.6 Å². The van der Waals surface area contributed by atoms with E-state index < -0.39 is 6.10 Å². The van der Waals surface area contributed by atoms with Gasteiger partial charge in [-0.2, -0.15) is 0 Å². The van der Waals surface area contributed by atoms with E-state index in [-0.39, 0.29) is 31.1 Å². The molecule has 0 heterocycles. The lowest BCUT2D eigenvalue weighted by atomic mass is 10.0. The van der Waals surface area contributed by atoms with E-state index in [0.717, 1.165) is 63.7 Å². The van der Waals surface area contributed by atoms with Crippen LogP contribution >= 0.6 is 0 Å². The van der Waals surface area contributed by atoms with Gasteiger partial charge in [0, 0.05) is 19.3 Å². The Morgan fingerprint density at radius 2 is 0.660 bits per heavy atom. The van der Waals surface area contributed by atoms with Crippen LogP contribution in [0.15, 0.2) is 0 Å². The average molecular weight is 709 g/mol. The maximum atomic E-state index is 12.7. The van der Waals surface area contributed by atoms with Gasteiger partial charge in [-0.15, -0.1) is 0 Å². The highest BCUT2D eigenvalue weighted by Gasteiger charge is 2.19. The van der Waals surface area contributed by atoms with E-state index in [2.05, 4.69) is 27.7 Å². The summed E-state index contributed by atoms with van der Waals surface area (Å²) in [6, 6.07) is 0. The number of esters is 3. The summed E-state index contributed by atoms with van der Waals surface area (Å²) < 4.78 is 16.7. The summed E-state index contributed by atoms with van der Waals surface area (Å²) in [4.78, 5) is 37.5. The largest absolute Gasteiger partial charge is 0.462 e. The molecule has 0 aliphatic heterocycles. The van der Waals surface area contributed by atoms with E-state index in [9.17, 15) is 14.4 Å². The molecule has 0 amide bonds. The molecule has 6 nitrogen and oxygen atoms in total. The number of ether oxygens (including phenoxy) is 3. The lowest BCUT2D eigenvalue weighted by Crippen LogP contribution is -2.30. The Labute approximate surface area is 310 Å². The Bertz CT molecular complexity index is 751. The first-order valence-corrected chi connectivity index (χ1v) is 21.9. The smallest absolute Gasteiger partial charge is 0.306 e. The van der Waals surface area contributed by atoms with Crippen molar-refractivity contribution in [2.24, 2.45) is 5.92 Å². The van der Waals surface area contributed by atoms with E-state index in [1.165, 1.54) is 135 Å². The van der Waals surface area contributed by atoms with Gasteiger partial charge >= 0.3 is 17.9 Å². The molecule has 0 aromatic carbocycles. The van der Waals surface area contributed by atoms with Crippen molar-refractivity contribution in [1.29, 1.82) is 0 Å². The summed E-state index contributed by atoms with van der Waals surface area (Å²) >= 11 is 0. The number of carbonyl (C=O) groups excluding carboxylic acids is 3. The van der Waals surface area contributed by atoms with Crippen LogP contribution in [0.2, 0.25) is 0 Å². The highest BCUT2D eigenvalue weighted by atomic mass is 16.6. The molecule has 1 atom stereocenters. The topological polar surface area (TPSA) is 78.9 Å². The zero-order chi connectivity index (χ0) is 36.8. The molecule has 0 N–H and O–H groups in total. The normalized spacial score (nSPS) is 11.9. The van der Waals surface area contributed by atoms with E-state index in [0.29, 0.717) is 19.3 Å². The molecule has 50 heavy (non-hydrogen) atoms. The van der Waals surface area contributed by atoms with E-state index >= 15 is 0 Å². The van der Waals surface area contributed by atoms with Crippen LogP contribution in [0.25, 0.3) is 0 Å². The number of unbranched alkanes of at least 4 members (excludes halogenated alkanes) is 26. The summed E-state index contributed by atoms with van der Waals surface area (Å²) in [6.45, 7) is 8.90. The van der Waals surface area contributed by atoms with Crippen molar-refractivity contribution >= 4 is 17.9 Å². The van der Waals surface area contributed by atoms with E-state index in [1.54, 1.807) is 0 Å². The quantitative estimate of drug-likeness (QED) is 0.0359. The Hall–Kier alpha value is -1.59. The second-order valence-electron chi connectivity index (χ2n) is 15.5. The number of hydrogen-bond acceptors (Lipinski definition) is 6. The van der Waals surface area contributed by atoms with Crippen molar-refractivity contribution in [3.8, 4) is 0 Å². The van der Waals surface area contributed by atoms with Crippen LogP contribution in [-0.2, 0) is 28.6 Å². The van der Waals surface area contributed by atoms with Gasteiger partial charge in [0.1, 0.15) is 13.2 Å². The molecule has 0 saturated heterocycles. The van der Waals surface area contributed by atoms with Crippen LogP contribution in [-0.4, -0.2) is 37.2 Å². The third-order valence-corrected chi connectivity index (χ3v) is 9.79.